The first-order valence-electron chi connectivity index (χ1n) is 10.2. The lowest BCUT2D eigenvalue weighted by Gasteiger charge is -2.16. The summed E-state index contributed by atoms with van der Waals surface area (Å²) in [5.74, 6) is -0.260. The quantitative estimate of drug-likeness (QED) is 0.269. The van der Waals surface area contributed by atoms with Crippen molar-refractivity contribution in [3.8, 4) is 5.75 Å². The SMILES string of the molecule is CC(Oc1ccccc1Cl)C(=O)Nc1ccc(NC(=S)NC(=O)/C=C/c2ccc(Cl)cc2)cc1. The number of carbonyl (C=O) groups is 2. The van der Waals surface area contributed by atoms with Crippen molar-refractivity contribution in [3.05, 3.63) is 94.5 Å². The molecule has 0 aromatic heterocycles. The van der Waals surface area contributed by atoms with Gasteiger partial charge in [-0.1, -0.05) is 47.5 Å². The Morgan fingerprint density at radius 3 is 2.18 bits per heavy atom. The first-order chi connectivity index (χ1) is 16.3. The van der Waals surface area contributed by atoms with E-state index < -0.39 is 6.10 Å². The van der Waals surface area contributed by atoms with E-state index in [9.17, 15) is 9.59 Å². The molecule has 0 radical (unpaired) electrons. The average Bonchev–Trinajstić information content (AvgIpc) is 2.81. The highest BCUT2D eigenvalue weighted by atomic mass is 35.5. The van der Waals surface area contributed by atoms with Crippen LogP contribution >= 0.6 is 35.4 Å². The zero-order valence-corrected chi connectivity index (χ0v) is 20.4. The van der Waals surface area contributed by atoms with Gasteiger partial charge in [-0.2, -0.15) is 0 Å². The lowest BCUT2D eigenvalue weighted by molar-refractivity contribution is -0.122. The standard InChI is InChI=1S/C25H21Cl2N3O3S/c1-16(33-22-5-3-2-4-21(22)27)24(32)28-19-11-13-20(14-12-19)29-25(34)30-23(31)15-8-17-6-9-18(26)10-7-17/h2-16H,1H3,(H,28,32)(H2,29,30,31,34)/b15-8+. The van der Waals surface area contributed by atoms with E-state index in [2.05, 4.69) is 16.0 Å². The first-order valence-corrected chi connectivity index (χ1v) is 11.3. The molecular weight excluding hydrogens is 493 g/mol. The minimum absolute atomic E-state index is 0.143. The van der Waals surface area contributed by atoms with Gasteiger partial charge >= 0.3 is 0 Å². The maximum absolute atomic E-state index is 12.4. The van der Waals surface area contributed by atoms with Gasteiger partial charge < -0.3 is 15.4 Å². The summed E-state index contributed by atoms with van der Waals surface area (Å²) < 4.78 is 5.62. The highest BCUT2D eigenvalue weighted by Gasteiger charge is 2.16. The minimum Gasteiger partial charge on any atom is -0.479 e. The molecule has 0 aliphatic rings. The number of anilines is 2. The molecule has 0 heterocycles. The number of rotatable bonds is 7. The third-order valence-electron chi connectivity index (χ3n) is 4.45. The molecule has 3 aromatic carbocycles. The largest absolute Gasteiger partial charge is 0.479 e. The van der Waals surface area contributed by atoms with E-state index in [1.165, 1.54) is 6.08 Å². The van der Waals surface area contributed by atoms with Crippen LogP contribution < -0.4 is 20.7 Å². The normalized spacial score (nSPS) is 11.5. The van der Waals surface area contributed by atoms with E-state index in [4.69, 9.17) is 40.2 Å². The van der Waals surface area contributed by atoms with Crippen LogP contribution in [0.15, 0.2) is 78.9 Å². The van der Waals surface area contributed by atoms with Crippen molar-refractivity contribution in [1.29, 1.82) is 0 Å². The summed E-state index contributed by atoms with van der Waals surface area (Å²) in [6.07, 6.45) is 2.28. The fourth-order valence-electron chi connectivity index (χ4n) is 2.73. The van der Waals surface area contributed by atoms with Gasteiger partial charge in [0.15, 0.2) is 11.2 Å². The molecule has 0 aliphatic carbocycles. The molecule has 3 aromatic rings. The van der Waals surface area contributed by atoms with Gasteiger partial charge in [-0.25, -0.2) is 0 Å². The summed E-state index contributed by atoms with van der Waals surface area (Å²) in [6, 6.07) is 20.9. The van der Waals surface area contributed by atoms with Gasteiger partial charge in [-0.3, -0.25) is 14.9 Å². The molecule has 174 valence electrons. The number of halogens is 2. The van der Waals surface area contributed by atoms with Gasteiger partial charge in [0.2, 0.25) is 5.91 Å². The van der Waals surface area contributed by atoms with Crippen LogP contribution in [0.25, 0.3) is 6.08 Å². The third kappa shape index (κ3) is 7.88. The molecule has 9 heteroatoms. The summed E-state index contributed by atoms with van der Waals surface area (Å²) in [7, 11) is 0. The fourth-order valence-corrected chi connectivity index (χ4v) is 3.25. The van der Waals surface area contributed by atoms with Crippen LogP contribution in [-0.2, 0) is 9.59 Å². The lowest BCUT2D eigenvalue weighted by Crippen LogP contribution is -2.32. The van der Waals surface area contributed by atoms with E-state index in [1.807, 2.05) is 0 Å². The molecule has 1 atom stereocenters. The highest BCUT2D eigenvalue weighted by molar-refractivity contribution is 7.80. The first kappa shape index (κ1) is 25.2. The molecule has 1 unspecified atom stereocenters. The van der Waals surface area contributed by atoms with Crippen LogP contribution in [-0.4, -0.2) is 23.0 Å². The smallest absolute Gasteiger partial charge is 0.265 e. The maximum Gasteiger partial charge on any atom is 0.265 e. The summed E-state index contributed by atoms with van der Waals surface area (Å²) in [6.45, 7) is 1.64. The molecule has 34 heavy (non-hydrogen) atoms. The van der Waals surface area contributed by atoms with Gasteiger partial charge in [-0.05, 0) is 79.3 Å². The number of ether oxygens (including phenoxy) is 1. The molecule has 0 fully saturated rings. The number of hydrogen-bond donors (Lipinski definition) is 3. The van der Waals surface area contributed by atoms with Crippen molar-refractivity contribution in [2.45, 2.75) is 13.0 Å². The summed E-state index contributed by atoms with van der Waals surface area (Å²) in [5.41, 5.74) is 2.05. The summed E-state index contributed by atoms with van der Waals surface area (Å²) in [4.78, 5) is 24.5. The van der Waals surface area contributed by atoms with Gasteiger partial charge in [0.25, 0.3) is 5.91 Å². The molecule has 2 amide bonds. The predicted octanol–water partition coefficient (Wildman–Crippen LogP) is 5.93. The Morgan fingerprint density at radius 2 is 1.53 bits per heavy atom. The number of benzene rings is 3. The van der Waals surface area contributed by atoms with Crippen LogP contribution in [0.3, 0.4) is 0 Å². The van der Waals surface area contributed by atoms with Gasteiger partial charge in [-0.15, -0.1) is 0 Å². The van der Waals surface area contributed by atoms with E-state index in [1.54, 1.807) is 85.8 Å². The Morgan fingerprint density at radius 1 is 0.912 bits per heavy atom. The average molecular weight is 514 g/mol. The number of para-hydroxylation sites is 1. The summed E-state index contributed by atoms with van der Waals surface area (Å²) >= 11 is 17.1. The topological polar surface area (TPSA) is 79.5 Å². The van der Waals surface area contributed by atoms with Crippen molar-refractivity contribution in [2.75, 3.05) is 10.6 Å². The second kappa shape index (κ2) is 12.2. The van der Waals surface area contributed by atoms with Crippen LogP contribution in [0.2, 0.25) is 10.0 Å². The van der Waals surface area contributed by atoms with Crippen LogP contribution in [0.5, 0.6) is 5.75 Å². The van der Waals surface area contributed by atoms with E-state index in [-0.39, 0.29) is 16.9 Å². The number of carbonyl (C=O) groups excluding carboxylic acids is 2. The minimum atomic E-state index is -0.749. The molecule has 0 aliphatic heterocycles. The number of thiocarbonyl (C=S) groups is 1. The van der Waals surface area contributed by atoms with Crippen molar-refractivity contribution in [3.63, 3.8) is 0 Å². The molecule has 6 nitrogen and oxygen atoms in total. The Kier molecular flexibility index (Phi) is 9.04. The zero-order valence-electron chi connectivity index (χ0n) is 18.0. The van der Waals surface area contributed by atoms with Crippen molar-refractivity contribution < 1.29 is 14.3 Å². The Labute approximate surface area is 212 Å². The maximum atomic E-state index is 12.4. The summed E-state index contributed by atoms with van der Waals surface area (Å²) in [5, 5.41) is 9.46. The molecule has 0 spiro atoms. The Balaban J connectivity index is 1.47. The van der Waals surface area contributed by atoms with Crippen LogP contribution in [0.1, 0.15) is 12.5 Å². The van der Waals surface area contributed by atoms with Crippen molar-refractivity contribution >= 4 is 69.8 Å². The molecular formula is C25H21Cl2N3O3S. The van der Waals surface area contributed by atoms with Gasteiger partial charge in [0.1, 0.15) is 5.75 Å². The highest BCUT2D eigenvalue weighted by Crippen LogP contribution is 2.24. The molecule has 3 rings (SSSR count). The van der Waals surface area contributed by atoms with E-state index in [0.717, 1.165) is 5.56 Å². The molecule has 0 saturated carbocycles. The Hall–Kier alpha value is -3.39. The number of nitrogens with one attached hydrogen (secondary N) is 3. The monoisotopic (exact) mass is 513 g/mol. The third-order valence-corrected chi connectivity index (χ3v) is 5.22. The Bertz CT molecular complexity index is 1200. The lowest BCUT2D eigenvalue weighted by atomic mass is 10.2. The van der Waals surface area contributed by atoms with Crippen molar-refractivity contribution in [1.82, 2.24) is 5.32 Å². The zero-order chi connectivity index (χ0) is 24.5. The molecule has 3 N–H and O–H groups in total. The van der Waals surface area contributed by atoms with Gasteiger partial charge in [0.05, 0.1) is 5.02 Å². The van der Waals surface area contributed by atoms with Gasteiger partial charge in [0, 0.05) is 22.5 Å². The second-order valence-corrected chi connectivity index (χ2v) is 8.34. The van der Waals surface area contributed by atoms with E-state index in [0.29, 0.717) is 27.2 Å². The number of hydrogen-bond acceptors (Lipinski definition) is 4. The van der Waals surface area contributed by atoms with E-state index >= 15 is 0 Å². The van der Waals surface area contributed by atoms with Crippen molar-refractivity contribution in [2.24, 2.45) is 0 Å². The predicted molar refractivity (Wildman–Crippen MR) is 141 cm³/mol. The van der Waals surface area contributed by atoms with Crippen LogP contribution in [0, 0.1) is 0 Å². The molecule has 0 bridgehead atoms. The molecule has 0 saturated heterocycles. The van der Waals surface area contributed by atoms with Crippen LogP contribution in [0.4, 0.5) is 11.4 Å². The second-order valence-electron chi connectivity index (χ2n) is 7.09. The number of amides is 2. The fraction of sp³-hybridized carbons (Fsp3) is 0.0800.